The molecule has 2 aromatic heterocycles. The van der Waals surface area contributed by atoms with Crippen molar-refractivity contribution in [1.82, 2.24) is 18.4 Å². The summed E-state index contributed by atoms with van der Waals surface area (Å²) in [6.07, 6.45) is 3.49. The number of anilines is 1. The molecule has 0 radical (unpaired) electrons. The Kier molecular flexibility index (Phi) is 7.68. The maximum absolute atomic E-state index is 14.4. The first kappa shape index (κ1) is 28.5. The van der Waals surface area contributed by atoms with E-state index in [0.29, 0.717) is 42.5 Å². The van der Waals surface area contributed by atoms with Gasteiger partial charge >= 0.3 is 5.69 Å². The van der Waals surface area contributed by atoms with Gasteiger partial charge in [-0.25, -0.2) is 13.2 Å². The van der Waals surface area contributed by atoms with Crippen molar-refractivity contribution in [2.75, 3.05) is 38.2 Å². The molecular formula is C31H28ClN5O5S. The highest BCUT2D eigenvalue weighted by atomic mass is 35.5. The first-order valence-corrected chi connectivity index (χ1v) is 15.4. The summed E-state index contributed by atoms with van der Waals surface area (Å²) in [5, 5.41) is 0.296. The van der Waals surface area contributed by atoms with Crippen LogP contribution in [-0.4, -0.2) is 66.0 Å². The van der Waals surface area contributed by atoms with E-state index in [1.807, 2.05) is 18.2 Å². The quantitative estimate of drug-likeness (QED) is 0.271. The fourth-order valence-corrected chi connectivity index (χ4v) is 7.00. The zero-order chi connectivity index (χ0) is 30.1. The average Bonchev–Trinajstić information content (AvgIpc) is 3.33. The summed E-state index contributed by atoms with van der Waals surface area (Å²) in [5.41, 5.74) is 0.979. The van der Waals surface area contributed by atoms with Crippen LogP contribution in [0.3, 0.4) is 0 Å². The average molecular weight is 618 g/mol. The van der Waals surface area contributed by atoms with Crippen LogP contribution < -0.4 is 15.3 Å². The Balaban J connectivity index is 1.47. The number of carbonyl (C=O) groups is 1. The molecule has 1 saturated heterocycles. The number of hydrogen-bond acceptors (Lipinski definition) is 7. The van der Waals surface area contributed by atoms with E-state index in [1.165, 1.54) is 54.1 Å². The predicted molar refractivity (Wildman–Crippen MR) is 164 cm³/mol. The molecule has 1 amide bonds. The van der Waals surface area contributed by atoms with Crippen molar-refractivity contribution in [2.24, 2.45) is 0 Å². The molecule has 1 unspecified atom stereocenters. The molecule has 1 aliphatic heterocycles. The fourth-order valence-electron chi connectivity index (χ4n) is 5.44. The molecule has 12 heteroatoms. The van der Waals surface area contributed by atoms with E-state index >= 15 is 0 Å². The summed E-state index contributed by atoms with van der Waals surface area (Å²) in [5.74, 6) is 0.152. The maximum atomic E-state index is 14.4. The van der Waals surface area contributed by atoms with Crippen LogP contribution in [0.2, 0.25) is 5.02 Å². The Morgan fingerprint density at radius 3 is 2.28 bits per heavy atom. The highest BCUT2D eigenvalue weighted by Gasteiger charge is 2.35. The summed E-state index contributed by atoms with van der Waals surface area (Å²) in [7, 11) is -2.89. The van der Waals surface area contributed by atoms with Crippen molar-refractivity contribution in [2.45, 2.75) is 10.9 Å². The fraction of sp³-hybridized carbons (Fsp3) is 0.194. The smallest absolute Gasteiger partial charge is 0.344 e. The number of imidazole rings is 1. The first-order valence-electron chi connectivity index (χ1n) is 13.6. The van der Waals surface area contributed by atoms with Crippen LogP contribution in [0.25, 0.3) is 11.0 Å². The summed E-state index contributed by atoms with van der Waals surface area (Å²) in [6.45, 7) is 1.98. The van der Waals surface area contributed by atoms with Crippen molar-refractivity contribution in [1.29, 1.82) is 0 Å². The number of rotatable bonds is 7. The van der Waals surface area contributed by atoms with Gasteiger partial charge < -0.3 is 14.5 Å². The van der Waals surface area contributed by atoms with Crippen LogP contribution in [0, 0.1) is 0 Å². The first-order chi connectivity index (χ1) is 20.8. The van der Waals surface area contributed by atoms with Gasteiger partial charge in [-0.1, -0.05) is 41.9 Å². The third-order valence-corrected chi connectivity index (χ3v) is 9.54. The number of halogens is 1. The topological polar surface area (TPSA) is 107 Å². The predicted octanol–water partition coefficient (Wildman–Crippen LogP) is 4.04. The number of nitrogens with zero attached hydrogens (tertiary/aromatic N) is 5. The second kappa shape index (κ2) is 11.6. The highest BCUT2D eigenvalue weighted by Crippen LogP contribution is 2.30. The Morgan fingerprint density at radius 2 is 1.63 bits per heavy atom. The van der Waals surface area contributed by atoms with E-state index < -0.39 is 21.8 Å². The van der Waals surface area contributed by atoms with Gasteiger partial charge in [-0.05, 0) is 60.2 Å². The molecule has 5 aromatic rings. The molecule has 0 aliphatic carbocycles. The molecule has 43 heavy (non-hydrogen) atoms. The zero-order valence-corrected chi connectivity index (χ0v) is 24.8. The number of methoxy groups -OCH3 is 1. The van der Waals surface area contributed by atoms with Gasteiger partial charge in [0.2, 0.25) is 0 Å². The van der Waals surface area contributed by atoms with Crippen LogP contribution in [0.4, 0.5) is 5.69 Å². The van der Waals surface area contributed by atoms with E-state index in [4.69, 9.17) is 16.3 Å². The van der Waals surface area contributed by atoms with Crippen molar-refractivity contribution < 1.29 is 17.9 Å². The van der Waals surface area contributed by atoms with Crippen LogP contribution in [-0.2, 0) is 14.8 Å². The molecular weight excluding hydrogens is 590 g/mol. The van der Waals surface area contributed by atoms with Gasteiger partial charge in [0, 0.05) is 37.4 Å². The van der Waals surface area contributed by atoms with Crippen LogP contribution in [0.15, 0.2) is 107 Å². The number of ether oxygens (including phenoxy) is 1. The highest BCUT2D eigenvalue weighted by molar-refractivity contribution is 7.90. The lowest BCUT2D eigenvalue weighted by atomic mass is 10.0. The summed E-state index contributed by atoms with van der Waals surface area (Å²) in [4.78, 5) is 36.6. The van der Waals surface area contributed by atoms with Crippen molar-refractivity contribution >= 4 is 44.3 Å². The summed E-state index contributed by atoms with van der Waals surface area (Å²) >= 11 is 6.38. The van der Waals surface area contributed by atoms with Crippen LogP contribution >= 0.6 is 11.6 Å². The molecule has 0 spiro atoms. The molecule has 0 N–H and O–H groups in total. The number of pyridine rings is 1. The minimum atomic E-state index is -4.37. The van der Waals surface area contributed by atoms with Gasteiger partial charge in [0.15, 0.2) is 0 Å². The Labute approximate surface area is 253 Å². The minimum absolute atomic E-state index is 0.0986. The van der Waals surface area contributed by atoms with Crippen molar-refractivity contribution in [3.63, 3.8) is 0 Å². The molecule has 3 aromatic carbocycles. The largest absolute Gasteiger partial charge is 0.497 e. The lowest BCUT2D eigenvalue weighted by molar-refractivity contribution is -0.133. The van der Waals surface area contributed by atoms with Crippen molar-refractivity contribution in [3.8, 4) is 5.75 Å². The molecule has 1 aliphatic rings. The number of aromatic nitrogens is 3. The third kappa shape index (κ3) is 5.26. The molecule has 220 valence electrons. The Hall–Kier alpha value is -4.61. The van der Waals surface area contributed by atoms with Crippen LogP contribution in [0.1, 0.15) is 11.6 Å². The minimum Gasteiger partial charge on any atom is -0.497 e. The standard InChI is InChI=1S/C31H28ClN5O5S/c1-42-25-10-12-26(13-11-25)43(40,41)37-27-14-9-23(32)20-28(27)36(31(37)39)29(22-6-3-2-4-7-22)30(38)35-18-16-34(17-19-35)24-8-5-15-33-21-24/h2-15,20-21,29H,16-19H2,1H3. The second-order valence-corrected chi connectivity index (χ2v) is 12.3. The number of amides is 1. The zero-order valence-electron chi connectivity index (χ0n) is 23.2. The molecule has 6 rings (SSSR count). The Bertz CT molecular complexity index is 1940. The lowest BCUT2D eigenvalue weighted by Crippen LogP contribution is -2.51. The Morgan fingerprint density at radius 1 is 0.907 bits per heavy atom. The van der Waals surface area contributed by atoms with E-state index in [2.05, 4.69) is 9.88 Å². The molecule has 0 saturated carbocycles. The second-order valence-electron chi connectivity index (χ2n) is 10.1. The number of benzene rings is 3. The van der Waals surface area contributed by atoms with Crippen molar-refractivity contribution in [3.05, 3.63) is 118 Å². The number of piperazine rings is 1. The van der Waals surface area contributed by atoms with E-state index in [9.17, 15) is 18.0 Å². The van der Waals surface area contributed by atoms with Gasteiger partial charge in [0.1, 0.15) is 11.8 Å². The molecule has 1 atom stereocenters. The van der Waals surface area contributed by atoms with E-state index in [1.54, 1.807) is 41.6 Å². The molecule has 10 nitrogen and oxygen atoms in total. The number of fused-ring (bicyclic) bond motifs is 1. The van der Waals surface area contributed by atoms with Gasteiger partial charge in [-0.15, -0.1) is 0 Å². The SMILES string of the molecule is COc1ccc(S(=O)(=O)n2c(=O)n(C(C(=O)N3CCN(c4cccnc4)CC3)c3ccccc3)c3cc(Cl)ccc32)cc1. The normalized spacial score (nSPS) is 14.6. The van der Waals surface area contributed by atoms with E-state index in [-0.39, 0.29) is 21.8 Å². The maximum Gasteiger partial charge on any atom is 0.344 e. The number of hydrogen-bond donors (Lipinski definition) is 0. The molecule has 3 heterocycles. The van der Waals surface area contributed by atoms with Gasteiger partial charge in [0.05, 0.1) is 34.9 Å². The third-order valence-electron chi connectivity index (χ3n) is 7.60. The van der Waals surface area contributed by atoms with E-state index in [0.717, 1.165) is 9.66 Å². The van der Waals surface area contributed by atoms with Crippen LogP contribution in [0.5, 0.6) is 5.75 Å². The molecule has 1 fully saturated rings. The summed E-state index contributed by atoms with van der Waals surface area (Å²) in [6, 6.07) is 21.9. The summed E-state index contributed by atoms with van der Waals surface area (Å²) < 4.78 is 35.0. The molecule has 0 bridgehead atoms. The van der Waals surface area contributed by atoms with Gasteiger partial charge in [-0.3, -0.25) is 14.3 Å². The van der Waals surface area contributed by atoms with Gasteiger partial charge in [-0.2, -0.15) is 3.97 Å². The lowest BCUT2D eigenvalue weighted by Gasteiger charge is -2.37. The number of carbonyl (C=O) groups excluding carboxylic acids is 1. The monoisotopic (exact) mass is 617 g/mol. The van der Waals surface area contributed by atoms with Gasteiger partial charge in [0.25, 0.3) is 15.9 Å².